The molecule has 31 heavy (non-hydrogen) atoms. The normalized spacial score (nSPS) is 16.5. The number of hydrogen-bond acceptors (Lipinski definition) is 5. The van der Waals surface area contributed by atoms with E-state index in [1.165, 1.54) is 26.1 Å². The number of thiophene rings is 1. The first kappa shape index (κ1) is 20.0. The predicted octanol–water partition coefficient (Wildman–Crippen LogP) is 5.78. The fraction of sp³-hybridized carbons (Fsp3) is 0.269. The van der Waals surface area contributed by atoms with Gasteiger partial charge in [0.1, 0.15) is 11.6 Å². The van der Waals surface area contributed by atoms with E-state index in [4.69, 9.17) is 4.98 Å². The summed E-state index contributed by atoms with van der Waals surface area (Å²) in [5.41, 5.74) is 4.33. The van der Waals surface area contributed by atoms with Gasteiger partial charge in [0, 0.05) is 34.3 Å². The van der Waals surface area contributed by atoms with Crippen molar-refractivity contribution in [2.24, 2.45) is 0 Å². The lowest BCUT2D eigenvalue weighted by Gasteiger charge is -2.22. The maximum atomic E-state index is 10.0. The van der Waals surface area contributed by atoms with Gasteiger partial charge in [-0.15, -0.1) is 11.3 Å². The zero-order valence-electron chi connectivity index (χ0n) is 18.2. The van der Waals surface area contributed by atoms with Crippen molar-refractivity contribution < 1.29 is 5.11 Å². The lowest BCUT2D eigenvalue weighted by Crippen LogP contribution is -2.31. The molecule has 0 bridgehead atoms. The lowest BCUT2D eigenvalue weighted by molar-refractivity contribution is 0.315. The molecule has 2 aromatic heterocycles. The summed E-state index contributed by atoms with van der Waals surface area (Å²) in [4.78, 5) is 11.0. The molecule has 4 nitrogen and oxygen atoms in total. The fourth-order valence-electron chi connectivity index (χ4n) is 4.44. The van der Waals surface area contributed by atoms with E-state index in [2.05, 4.69) is 67.2 Å². The van der Waals surface area contributed by atoms with Crippen LogP contribution >= 0.6 is 11.3 Å². The number of aryl methyl sites for hydroxylation is 1. The minimum Gasteiger partial charge on any atom is -0.508 e. The Morgan fingerprint density at radius 3 is 2.61 bits per heavy atom. The molecule has 1 aliphatic heterocycles. The minimum atomic E-state index is 0.262. The van der Waals surface area contributed by atoms with Crippen LogP contribution in [0.15, 0.2) is 60.7 Å². The molecule has 1 atom stereocenters. The number of anilines is 1. The standard InChI is InChI=1S/C26H27N3OS/c1-17-22-9-4-5-10-24(22)31-26(17)19-14-23(18-7-6-8-21(30)13-18)27-25(15-19)29-12-11-20(16-29)28(2)3/h4-10,13-15,20,30H,11-12,16H2,1-3H3. The number of benzene rings is 2. The number of likely N-dealkylation sites (N-methyl/N-ethyl adjacent to an activating group) is 1. The molecular formula is C26H27N3OS. The Balaban J connectivity index is 1.65. The van der Waals surface area contributed by atoms with Crippen molar-refractivity contribution in [1.29, 1.82) is 0 Å². The third kappa shape index (κ3) is 3.80. The zero-order chi connectivity index (χ0) is 21.5. The molecular weight excluding hydrogens is 402 g/mol. The predicted molar refractivity (Wildman–Crippen MR) is 131 cm³/mol. The molecule has 1 saturated heterocycles. The highest BCUT2D eigenvalue weighted by molar-refractivity contribution is 7.22. The van der Waals surface area contributed by atoms with Crippen LogP contribution in [0.2, 0.25) is 0 Å². The van der Waals surface area contributed by atoms with Crippen LogP contribution in [0.1, 0.15) is 12.0 Å². The molecule has 158 valence electrons. The van der Waals surface area contributed by atoms with E-state index < -0.39 is 0 Å². The number of aromatic hydroxyl groups is 1. The van der Waals surface area contributed by atoms with Gasteiger partial charge in [-0.05, 0) is 74.3 Å². The SMILES string of the molecule is Cc1c(-c2cc(-c3cccc(O)c3)nc(N3CCC(N(C)C)C3)c2)sc2ccccc12. The van der Waals surface area contributed by atoms with E-state index >= 15 is 0 Å². The third-order valence-corrected chi connectivity index (χ3v) is 7.60. The molecule has 1 fully saturated rings. The second kappa shape index (κ2) is 7.98. The first-order chi connectivity index (χ1) is 15.0. The maximum Gasteiger partial charge on any atom is 0.129 e. The average Bonchev–Trinajstić information content (AvgIpc) is 3.39. The van der Waals surface area contributed by atoms with E-state index in [1.807, 2.05) is 23.5 Å². The molecule has 3 heterocycles. The smallest absolute Gasteiger partial charge is 0.129 e. The van der Waals surface area contributed by atoms with Gasteiger partial charge in [-0.25, -0.2) is 4.98 Å². The second-order valence-electron chi connectivity index (χ2n) is 8.55. The summed E-state index contributed by atoms with van der Waals surface area (Å²) in [6.07, 6.45) is 1.14. The Morgan fingerprint density at radius 2 is 1.87 bits per heavy atom. The molecule has 0 amide bonds. The summed E-state index contributed by atoms with van der Waals surface area (Å²) in [5, 5.41) is 11.3. The highest BCUT2D eigenvalue weighted by atomic mass is 32.1. The summed E-state index contributed by atoms with van der Waals surface area (Å²) in [5.74, 6) is 1.27. The molecule has 4 aromatic rings. The van der Waals surface area contributed by atoms with Crippen LogP contribution in [0.4, 0.5) is 5.82 Å². The van der Waals surface area contributed by atoms with Crippen LogP contribution in [-0.4, -0.2) is 48.2 Å². The van der Waals surface area contributed by atoms with Gasteiger partial charge in [-0.1, -0.05) is 30.3 Å². The van der Waals surface area contributed by atoms with Crippen LogP contribution in [-0.2, 0) is 0 Å². The first-order valence-electron chi connectivity index (χ1n) is 10.7. The van der Waals surface area contributed by atoms with Crippen molar-refractivity contribution in [3.63, 3.8) is 0 Å². The zero-order valence-corrected chi connectivity index (χ0v) is 19.0. The molecule has 1 aliphatic rings. The number of phenolic OH excluding ortho intramolecular Hbond substituents is 1. The number of phenols is 1. The Kier molecular flexibility index (Phi) is 5.16. The van der Waals surface area contributed by atoms with Crippen molar-refractivity contribution >= 4 is 27.2 Å². The van der Waals surface area contributed by atoms with Gasteiger partial charge in [-0.2, -0.15) is 0 Å². The largest absolute Gasteiger partial charge is 0.508 e. The minimum absolute atomic E-state index is 0.262. The number of fused-ring (bicyclic) bond motifs is 1. The Morgan fingerprint density at radius 1 is 1.03 bits per heavy atom. The molecule has 0 spiro atoms. The number of nitrogens with zero attached hydrogens (tertiary/aromatic N) is 3. The number of hydrogen-bond donors (Lipinski definition) is 1. The highest BCUT2D eigenvalue weighted by Crippen LogP contribution is 2.40. The summed E-state index contributed by atoms with van der Waals surface area (Å²) >= 11 is 1.84. The molecule has 5 rings (SSSR count). The van der Waals surface area contributed by atoms with Gasteiger partial charge in [-0.3, -0.25) is 0 Å². The fourth-order valence-corrected chi connectivity index (χ4v) is 5.64. The molecule has 2 aromatic carbocycles. The van der Waals surface area contributed by atoms with Crippen molar-refractivity contribution in [3.05, 3.63) is 66.2 Å². The summed E-state index contributed by atoms with van der Waals surface area (Å²) in [6, 6.07) is 20.9. The van der Waals surface area contributed by atoms with Gasteiger partial charge in [0.05, 0.1) is 5.69 Å². The quantitative estimate of drug-likeness (QED) is 0.446. The molecule has 0 saturated carbocycles. The topological polar surface area (TPSA) is 39.6 Å². The van der Waals surface area contributed by atoms with Crippen LogP contribution < -0.4 is 4.90 Å². The summed E-state index contributed by atoms with van der Waals surface area (Å²) in [7, 11) is 4.30. The van der Waals surface area contributed by atoms with Gasteiger partial charge in [0.25, 0.3) is 0 Å². The van der Waals surface area contributed by atoms with Crippen molar-refractivity contribution in [2.75, 3.05) is 32.1 Å². The van der Waals surface area contributed by atoms with Crippen molar-refractivity contribution in [3.8, 4) is 27.4 Å². The summed E-state index contributed by atoms with van der Waals surface area (Å²) in [6.45, 7) is 4.19. The van der Waals surface area contributed by atoms with Gasteiger partial charge < -0.3 is 14.9 Å². The second-order valence-corrected chi connectivity index (χ2v) is 9.61. The lowest BCUT2D eigenvalue weighted by atomic mass is 10.0. The van der Waals surface area contributed by atoms with E-state index in [9.17, 15) is 5.11 Å². The van der Waals surface area contributed by atoms with Crippen molar-refractivity contribution in [2.45, 2.75) is 19.4 Å². The number of rotatable bonds is 4. The molecule has 1 N–H and O–H groups in total. The monoisotopic (exact) mass is 429 g/mol. The Labute approximate surface area is 187 Å². The number of aromatic nitrogens is 1. The summed E-state index contributed by atoms with van der Waals surface area (Å²) < 4.78 is 1.31. The van der Waals surface area contributed by atoms with Crippen molar-refractivity contribution in [1.82, 2.24) is 9.88 Å². The van der Waals surface area contributed by atoms with E-state index in [1.54, 1.807) is 12.1 Å². The molecule has 0 radical (unpaired) electrons. The first-order valence-corrected chi connectivity index (χ1v) is 11.5. The Hall–Kier alpha value is -2.89. The molecule has 1 unspecified atom stereocenters. The Bertz CT molecular complexity index is 1250. The number of pyridine rings is 1. The highest BCUT2D eigenvalue weighted by Gasteiger charge is 2.26. The maximum absolute atomic E-state index is 10.0. The van der Waals surface area contributed by atoms with Crippen LogP contribution in [0.25, 0.3) is 31.8 Å². The van der Waals surface area contributed by atoms with E-state index in [0.717, 1.165) is 36.6 Å². The van der Waals surface area contributed by atoms with Gasteiger partial charge in [0.2, 0.25) is 0 Å². The van der Waals surface area contributed by atoms with Crippen LogP contribution in [0.5, 0.6) is 5.75 Å². The van der Waals surface area contributed by atoms with E-state index in [0.29, 0.717) is 6.04 Å². The molecule has 5 heteroatoms. The molecule has 0 aliphatic carbocycles. The average molecular weight is 430 g/mol. The van der Waals surface area contributed by atoms with E-state index in [-0.39, 0.29) is 5.75 Å². The van der Waals surface area contributed by atoms with Crippen LogP contribution in [0, 0.1) is 6.92 Å². The van der Waals surface area contributed by atoms with Gasteiger partial charge in [0.15, 0.2) is 0 Å². The van der Waals surface area contributed by atoms with Crippen LogP contribution in [0.3, 0.4) is 0 Å². The third-order valence-electron chi connectivity index (χ3n) is 6.28. The van der Waals surface area contributed by atoms with Gasteiger partial charge >= 0.3 is 0 Å².